The van der Waals surface area contributed by atoms with Crippen LogP contribution in [0, 0.1) is 11.6 Å². The molecule has 0 spiro atoms. The van der Waals surface area contributed by atoms with Crippen LogP contribution in [0.3, 0.4) is 0 Å². The molecule has 278 valence electrons. The molecule has 0 heterocycles. The van der Waals surface area contributed by atoms with Gasteiger partial charge in [0, 0.05) is 31.4 Å². The van der Waals surface area contributed by atoms with Gasteiger partial charge in [-0.05, 0) is 78.1 Å². The molecule has 11 nitrogen and oxygen atoms in total. The second kappa shape index (κ2) is 18.0. The van der Waals surface area contributed by atoms with E-state index in [-0.39, 0.29) is 42.6 Å². The SMILES string of the molecule is O=C(N[C@@H](Cc1ccc(O)cc1)C(=O)N[C@@H](Cc1ccc(O)cc1)C(=O)N[C@@H](Cc1ccc(O)cc1)C(=O)NC1CCCCC1)c1ccc(F)cc1F. The van der Waals surface area contributed by atoms with E-state index in [0.29, 0.717) is 22.8 Å². The van der Waals surface area contributed by atoms with Gasteiger partial charge in [-0.25, -0.2) is 8.78 Å². The molecule has 4 aromatic rings. The van der Waals surface area contributed by atoms with Crippen molar-refractivity contribution < 1.29 is 43.3 Å². The number of hydrogen-bond donors (Lipinski definition) is 7. The summed E-state index contributed by atoms with van der Waals surface area (Å²) >= 11 is 0. The van der Waals surface area contributed by atoms with Crippen molar-refractivity contribution >= 4 is 23.6 Å². The highest BCUT2D eigenvalue weighted by atomic mass is 19.1. The number of benzene rings is 4. The third kappa shape index (κ3) is 11.3. The number of aromatic hydroxyl groups is 3. The fourth-order valence-corrected chi connectivity index (χ4v) is 6.23. The fourth-order valence-electron chi connectivity index (χ4n) is 6.23. The number of hydrogen-bond acceptors (Lipinski definition) is 7. The van der Waals surface area contributed by atoms with Crippen LogP contribution >= 0.6 is 0 Å². The molecule has 0 saturated heterocycles. The van der Waals surface area contributed by atoms with Crippen LogP contribution in [-0.4, -0.2) is 63.1 Å². The number of rotatable bonds is 14. The van der Waals surface area contributed by atoms with Crippen molar-refractivity contribution in [2.45, 2.75) is 75.5 Å². The van der Waals surface area contributed by atoms with Crippen molar-refractivity contribution in [2.24, 2.45) is 0 Å². The number of halogens is 2. The van der Waals surface area contributed by atoms with E-state index in [0.717, 1.165) is 44.2 Å². The van der Waals surface area contributed by atoms with Crippen LogP contribution in [-0.2, 0) is 33.6 Å². The van der Waals surface area contributed by atoms with E-state index in [9.17, 15) is 43.3 Å². The van der Waals surface area contributed by atoms with Crippen LogP contribution < -0.4 is 21.3 Å². The summed E-state index contributed by atoms with van der Waals surface area (Å²) in [6.45, 7) is 0. The molecule has 4 aromatic carbocycles. The monoisotopic (exact) mass is 728 g/mol. The van der Waals surface area contributed by atoms with Crippen LogP contribution in [0.4, 0.5) is 8.78 Å². The number of phenolic OH excluding ortho intramolecular Hbond substituents is 3. The van der Waals surface area contributed by atoms with Crippen LogP contribution in [0.25, 0.3) is 0 Å². The van der Waals surface area contributed by atoms with Gasteiger partial charge in [0.05, 0.1) is 5.56 Å². The Kier molecular flexibility index (Phi) is 13.0. The number of phenols is 3. The Hall–Kier alpha value is -5.98. The molecule has 0 aliphatic heterocycles. The molecule has 13 heteroatoms. The molecule has 3 atom stereocenters. The number of nitrogens with one attached hydrogen (secondary N) is 4. The van der Waals surface area contributed by atoms with Crippen LogP contribution in [0.15, 0.2) is 91.0 Å². The van der Waals surface area contributed by atoms with Crippen molar-refractivity contribution in [3.8, 4) is 17.2 Å². The first kappa shape index (κ1) is 38.3. The van der Waals surface area contributed by atoms with Gasteiger partial charge in [-0.15, -0.1) is 0 Å². The van der Waals surface area contributed by atoms with Crippen molar-refractivity contribution in [3.05, 3.63) is 125 Å². The lowest BCUT2D eigenvalue weighted by molar-refractivity contribution is -0.132. The zero-order chi connectivity index (χ0) is 37.9. The lowest BCUT2D eigenvalue weighted by Crippen LogP contribution is -2.58. The third-order valence-electron chi connectivity index (χ3n) is 9.14. The third-order valence-corrected chi connectivity index (χ3v) is 9.14. The van der Waals surface area contributed by atoms with Gasteiger partial charge >= 0.3 is 0 Å². The average Bonchev–Trinajstić information content (AvgIpc) is 3.13. The molecule has 53 heavy (non-hydrogen) atoms. The van der Waals surface area contributed by atoms with Gasteiger partial charge in [0.15, 0.2) is 0 Å². The largest absolute Gasteiger partial charge is 0.508 e. The molecule has 5 rings (SSSR count). The summed E-state index contributed by atoms with van der Waals surface area (Å²) in [6, 6.07) is 16.6. The second-order valence-electron chi connectivity index (χ2n) is 13.2. The Morgan fingerprint density at radius 3 is 1.42 bits per heavy atom. The van der Waals surface area contributed by atoms with Crippen molar-refractivity contribution in [1.29, 1.82) is 0 Å². The van der Waals surface area contributed by atoms with Gasteiger partial charge in [-0.3, -0.25) is 19.2 Å². The topological polar surface area (TPSA) is 177 Å². The lowest BCUT2D eigenvalue weighted by Gasteiger charge is -2.28. The molecule has 7 N–H and O–H groups in total. The van der Waals surface area contributed by atoms with Gasteiger partial charge < -0.3 is 36.6 Å². The maximum absolute atomic E-state index is 14.6. The van der Waals surface area contributed by atoms with Crippen molar-refractivity contribution in [2.75, 3.05) is 0 Å². The zero-order valence-corrected chi connectivity index (χ0v) is 28.9. The molecule has 4 amide bonds. The average molecular weight is 729 g/mol. The summed E-state index contributed by atoms with van der Waals surface area (Å²) < 4.78 is 28.2. The van der Waals surface area contributed by atoms with E-state index in [1.54, 1.807) is 24.3 Å². The van der Waals surface area contributed by atoms with E-state index in [1.807, 2.05) is 0 Å². The van der Waals surface area contributed by atoms with E-state index < -0.39 is 59.0 Å². The molecule has 1 aliphatic carbocycles. The van der Waals surface area contributed by atoms with Crippen LogP contribution in [0.1, 0.15) is 59.2 Å². The molecular weight excluding hydrogens is 686 g/mol. The molecule has 1 fully saturated rings. The Balaban J connectivity index is 1.42. The zero-order valence-electron chi connectivity index (χ0n) is 28.9. The highest BCUT2D eigenvalue weighted by Gasteiger charge is 2.32. The number of carbonyl (C=O) groups is 4. The summed E-state index contributed by atoms with van der Waals surface area (Å²) in [6.07, 6.45) is 4.48. The highest BCUT2D eigenvalue weighted by Crippen LogP contribution is 2.19. The highest BCUT2D eigenvalue weighted by molar-refractivity contribution is 5.99. The summed E-state index contributed by atoms with van der Waals surface area (Å²) in [5.74, 6) is -5.00. The lowest BCUT2D eigenvalue weighted by atomic mass is 9.95. The first-order chi connectivity index (χ1) is 25.4. The smallest absolute Gasteiger partial charge is 0.254 e. The predicted molar refractivity (Wildman–Crippen MR) is 192 cm³/mol. The number of amides is 4. The van der Waals surface area contributed by atoms with E-state index in [1.165, 1.54) is 48.5 Å². The van der Waals surface area contributed by atoms with Gasteiger partial charge in [0.2, 0.25) is 17.7 Å². The second-order valence-corrected chi connectivity index (χ2v) is 13.2. The summed E-state index contributed by atoms with van der Waals surface area (Å²) in [5, 5.41) is 40.4. The minimum Gasteiger partial charge on any atom is -0.508 e. The normalized spacial score (nSPS) is 14.7. The quantitative estimate of drug-likeness (QED) is 0.101. The predicted octanol–water partition coefficient (Wildman–Crippen LogP) is 4.33. The molecule has 0 radical (unpaired) electrons. The van der Waals surface area contributed by atoms with Crippen molar-refractivity contribution in [1.82, 2.24) is 21.3 Å². The Bertz CT molecular complexity index is 1880. The maximum Gasteiger partial charge on any atom is 0.254 e. The fraction of sp³-hybridized carbons (Fsp3) is 0.300. The van der Waals surface area contributed by atoms with Crippen LogP contribution in [0.5, 0.6) is 17.2 Å². The molecule has 0 unspecified atom stereocenters. The molecule has 1 saturated carbocycles. The van der Waals surface area contributed by atoms with E-state index >= 15 is 0 Å². The van der Waals surface area contributed by atoms with Gasteiger partial charge in [0.25, 0.3) is 5.91 Å². The minimum atomic E-state index is -1.38. The maximum atomic E-state index is 14.6. The van der Waals surface area contributed by atoms with Gasteiger partial charge in [0.1, 0.15) is 47.0 Å². The standard InChI is InChI=1S/C40H42F2N4O7/c41-27-12-19-32(33(42)23-27)37(50)44-35(21-25-8-15-30(48)16-9-25)39(52)46-36(22-26-10-17-31(49)18-11-26)40(53)45-34(20-24-6-13-29(47)14-7-24)38(51)43-28-4-2-1-3-5-28/h6-19,23,28,34-36,47-49H,1-5,20-22H2,(H,43,51)(H,44,50)(H,45,53)(H,46,52)/t34-,35-,36-/m0/s1. The molecule has 0 bridgehead atoms. The van der Waals surface area contributed by atoms with Crippen molar-refractivity contribution in [3.63, 3.8) is 0 Å². The summed E-state index contributed by atoms with van der Waals surface area (Å²) in [4.78, 5) is 55.1. The number of carbonyl (C=O) groups excluding carboxylic acids is 4. The van der Waals surface area contributed by atoms with E-state index in [2.05, 4.69) is 21.3 Å². The Morgan fingerprint density at radius 2 is 0.981 bits per heavy atom. The first-order valence-corrected chi connectivity index (χ1v) is 17.4. The summed E-state index contributed by atoms with van der Waals surface area (Å²) in [5.41, 5.74) is 1.22. The molecule has 1 aliphatic rings. The van der Waals surface area contributed by atoms with Gasteiger partial charge in [-0.2, -0.15) is 0 Å². The minimum absolute atomic E-state index is 0.0168. The van der Waals surface area contributed by atoms with Gasteiger partial charge in [-0.1, -0.05) is 55.7 Å². The Labute approximate surface area is 305 Å². The molecule has 0 aromatic heterocycles. The van der Waals surface area contributed by atoms with Crippen LogP contribution in [0.2, 0.25) is 0 Å². The molecular formula is C40H42F2N4O7. The first-order valence-electron chi connectivity index (χ1n) is 17.4. The Morgan fingerprint density at radius 1 is 0.566 bits per heavy atom. The summed E-state index contributed by atoms with van der Waals surface area (Å²) in [7, 11) is 0. The van der Waals surface area contributed by atoms with E-state index in [4.69, 9.17) is 0 Å².